The Morgan fingerprint density at radius 3 is 1.93 bits per heavy atom. The molecule has 41 heavy (non-hydrogen) atoms. The van der Waals surface area contributed by atoms with Crippen molar-refractivity contribution < 1.29 is 9.60 Å². The number of rotatable bonds is 4. The third-order valence-electron chi connectivity index (χ3n) is 7.85. The summed E-state index contributed by atoms with van der Waals surface area (Å²) in [5.41, 5.74) is 5.81. The van der Waals surface area contributed by atoms with Gasteiger partial charge in [0, 0.05) is 12.1 Å². The summed E-state index contributed by atoms with van der Waals surface area (Å²) < 4.78 is 63.0. The Kier molecular flexibility index (Phi) is 4.03. The molecule has 0 aliphatic rings. The summed E-state index contributed by atoms with van der Waals surface area (Å²) in [5.74, 6) is 0.980. The highest BCUT2D eigenvalue weighted by atomic mass is 15.1. The summed E-state index contributed by atoms with van der Waals surface area (Å²) in [6.07, 6.45) is 0.785. The van der Waals surface area contributed by atoms with E-state index >= 15 is 0 Å². The minimum absolute atomic E-state index is 0.0525. The van der Waals surface area contributed by atoms with Crippen LogP contribution >= 0.6 is 0 Å². The Bertz CT molecular complexity index is 2560. The van der Waals surface area contributed by atoms with Crippen molar-refractivity contribution in [3.05, 3.63) is 145 Å². The number of aromatic nitrogens is 2. The Morgan fingerprint density at radius 1 is 0.610 bits per heavy atom. The van der Waals surface area contributed by atoms with Gasteiger partial charge in [-0.3, -0.25) is 4.57 Å². The van der Waals surface area contributed by atoms with Crippen molar-refractivity contribution in [3.63, 3.8) is 0 Å². The molecule has 0 saturated carbocycles. The van der Waals surface area contributed by atoms with Gasteiger partial charge < -0.3 is 0 Å². The van der Waals surface area contributed by atoms with Gasteiger partial charge in [-0.05, 0) is 78.8 Å². The Balaban J connectivity index is 1.45. The summed E-state index contributed by atoms with van der Waals surface area (Å²) in [5, 5.41) is 3.39. The first-order valence-corrected chi connectivity index (χ1v) is 13.7. The van der Waals surface area contributed by atoms with Crippen molar-refractivity contribution in [2.24, 2.45) is 0 Å². The summed E-state index contributed by atoms with van der Waals surface area (Å²) in [6, 6.07) is 29.6. The second-order valence-electron chi connectivity index (χ2n) is 10.1. The lowest BCUT2D eigenvalue weighted by Gasteiger charge is -2.19. The van der Waals surface area contributed by atoms with E-state index in [0.717, 1.165) is 61.6 Å². The third-order valence-corrected chi connectivity index (χ3v) is 7.85. The second-order valence-corrected chi connectivity index (χ2v) is 10.1. The maximum Gasteiger partial charge on any atom is 0.114 e. The topological polar surface area (TPSA) is 17.8 Å². The van der Waals surface area contributed by atoms with Crippen LogP contribution in [-0.4, -0.2) is 9.55 Å². The number of aryl methyl sites for hydroxylation is 1. The number of para-hydroxylation sites is 2. The van der Waals surface area contributed by atoms with Crippen molar-refractivity contribution in [2.75, 3.05) is 0 Å². The van der Waals surface area contributed by atoms with Gasteiger partial charge in [-0.1, -0.05) is 122 Å². The predicted octanol–water partition coefficient (Wildman–Crippen LogP) is 10.4. The van der Waals surface area contributed by atoms with Crippen molar-refractivity contribution >= 4 is 43.4 Å². The van der Waals surface area contributed by atoms with Crippen LogP contribution in [0.15, 0.2) is 139 Å². The van der Waals surface area contributed by atoms with E-state index in [4.69, 9.17) is 14.6 Å². The summed E-state index contributed by atoms with van der Waals surface area (Å²) in [7, 11) is 0. The summed E-state index contributed by atoms with van der Waals surface area (Å²) in [4.78, 5) is 4.85. The zero-order valence-electron chi connectivity index (χ0n) is 29.3. The molecule has 0 amide bonds. The largest absolute Gasteiger partial charge is 0.296 e. The predicted molar refractivity (Wildman–Crippen MR) is 174 cm³/mol. The van der Waals surface area contributed by atoms with Crippen LogP contribution in [0.1, 0.15) is 22.3 Å². The van der Waals surface area contributed by atoms with Crippen LogP contribution in [0.25, 0.3) is 71.3 Å². The number of benzene rings is 7. The molecule has 2 nitrogen and oxygen atoms in total. The fraction of sp³-hybridized carbons (Fsp3) is 0.0513. The van der Waals surface area contributed by atoms with E-state index in [9.17, 15) is 0 Å². The molecule has 0 unspecified atom stereocenters. The molecule has 0 fully saturated rings. The van der Waals surface area contributed by atoms with Gasteiger partial charge in [0.2, 0.25) is 0 Å². The molecule has 0 bridgehead atoms. The molecular weight excluding hydrogens is 496 g/mol. The van der Waals surface area contributed by atoms with Gasteiger partial charge >= 0.3 is 0 Å². The van der Waals surface area contributed by atoms with E-state index < -0.39 is 12.1 Å². The number of nitrogens with zero attached hydrogens (tertiary/aromatic N) is 2. The van der Waals surface area contributed by atoms with Crippen LogP contribution in [0, 0.1) is 0 Å². The van der Waals surface area contributed by atoms with Crippen LogP contribution in [-0.2, 0) is 6.42 Å². The molecule has 2 heteroatoms. The van der Waals surface area contributed by atoms with Gasteiger partial charge in [0.25, 0.3) is 0 Å². The monoisotopic (exact) mass is 531 g/mol. The number of imidazole rings is 1. The minimum atomic E-state index is -0.465. The molecule has 0 aliphatic heterocycles. The van der Waals surface area contributed by atoms with Gasteiger partial charge in [0.05, 0.1) is 20.6 Å². The molecule has 0 N–H and O–H groups in total. The smallest absolute Gasteiger partial charge is 0.114 e. The quantitative estimate of drug-likeness (QED) is 0.207. The van der Waals surface area contributed by atoms with Gasteiger partial charge in [-0.15, -0.1) is 0 Å². The Morgan fingerprint density at radius 2 is 1.22 bits per heavy atom. The number of fused-ring (bicyclic) bond motifs is 4. The average Bonchev–Trinajstić information content (AvgIpc) is 3.50. The van der Waals surface area contributed by atoms with Gasteiger partial charge in [0.1, 0.15) is 5.82 Å². The van der Waals surface area contributed by atoms with Crippen molar-refractivity contribution in [2.45, 2.75) is 13.3 Å². The first kappa shape index (κ1) is 17.5. The molecule has 0 atom stereocenters. The minimum Gasteiger partial charge on any atom is -0.296 e. The molecule has 0 saturated heterocycles. The normalized spacial score (nSPS) is 14.0. The van der Waals surface area contributed by atoms with Crippen LogP contribution in [0.4, 0.5) is 0 Å². The summed E-state index contributed by atoms with van der Waals surface area (Å²) in [6.45, 7) is 2.10. The van der Waals surface area contributed by atoms with Gasteiger partial charge in [0.15, 0.2) is 0 Å². The van der Waals surface area contributed by atoms with Crippen LogP contribution in [0.3, 0.4) is 0 Å². The molecule has 0 radical (unpaired) electrons. The van der Waals surface area contributed by atoms with E-state index in [1.165, 1.54) is 0 Å². The second kappa shape index (κ2) is 9.46. The highest BCUT2D eigenvalue weighted by Gasteiger charge is 2.18. The molecule has 1 aromatic heterocycles. The SMILES string of the molecule is [2H]c1c([2H])c([2H])c2c(-c3c4ccccc4c(-c4ccc(-n5c(CC)nc6ccccc65)cc4)c4ccccc34)c([2H])c([2H])c([2H])c2c1[2H]. The van der Waals surface area contributed by atoms with Crippen molar-refractivity contribution in [3.8, 4) is 27.9 Å². The summed E-state index contributed by atoms with van der Waals surface area (Å²) >= 11 is 0. The molecule has 8 rings (SSSR count). The molecule has 1 heterocycles. The zero-order chi connectivity index (χ0) is 33.4. The fourth-order valence-electron chi connectivity index (χ4n) is 6.09. The highest BCUT2D eigenvalue weighted by Crippen LogP contribution is 2.45. The van der Waals surface area contributed by atoms with Crippen molar-refractivity contribution in [1.82, 2.24) is 9.55 Å². The maximum atomic E-state index is 9.13. The van der Waals surface area contributed by atoms with Crippen LogP contribution in [0.2, 0.25) is 0 Å². The van der Waals surface area contributed by atoms with E-state index in [1.807, 2.05) is 66.7 Å². The molecule has 7 aromatic carbocycles. The molecule has 194 valence electrons. The molecule has 0 aliphatic carbocycles. The fourth-order valence-corrected chi connectivity index (χ4v) is 6.09. The van der Waals surface area contributed by atoms with Crippen LogP contribution < -0.4 is 0 Å². The van der Waals surface area contributed by atoms with E-state index in [2.05, 4.69) is 41.8 Å². The van der Waals surface area contributed by atoms with Crippen molar-refractivity contribution in [1.29, 1.82) is 0 Å². The Hall–Kier alpha value is -5.21. The molecular formula is C39H28N2. The standard InChI is InChI=1S/C39H28N2/c1-2-37-40-35-20-9-10-21-36(35)41(37)28-24-22-27(23-25-28)38-31-15-5-7-17-33(31)39(34-18-8-6-16-32(34)38)30-19-11-13-26-12-3-4-14-29(26)30/h3-25H,2H2,1H3/i3D,4D,11D,12D,13D,14D,19D. The van der Waals surface area contributed by atoms with E-state index in [1.54, 1.807) is 0 Å². The molecule has 0 spiro atoms. The third kappa shape index (κ3) is 3.68. The van der Waals surface area contributed by atoms with Crippen LogP contribution in [0.5, 0.6) is 0 Å². The van der Waals surface area contributed by atoms with Gasteiger partial charge in [-0.25, -0.2) is 4.98 Å². The number of hydrogen-bond acceptors (Lipinski definition) is 1. The average molecular weight is 532 g/mol. The van der Waals surface area contributed by atoms with Gasteiger partial charge in [-0.2, -0.15) is 0 Å². The maximum absolute atomic E-state index is 9.13. The zero-order valence-corrected chi connectivity index (χ0v) is 22.3. The van der Waals surface area contributed by atoms with E-state index in [-0.39, 0.29) is 46.5 Å². The lowest BCUT2D eigenvalue weighted by molar-refractivity contribution is 0.908. The first-order chi connectivity index (χ1) is 23.2. The highest BCUT2D eigenvalue weighted by molar-refractivity contribution is 6.23. The van der Waals surface area contributed by atoms with E-state index in [0.29, 0.717) is 5.56 Å². The molecule has 8 aromatic rings. The first-order valence-electron chi connectivity index (χ1n) is 17.2. The number of hydrogen-bond donors (Lipinski definition) is 0. The Labute approximate surface area is 249 Å². The lowest BCUT2D eigenvalue weighted by atomic mass is 9.85. The lowest BCUT2D eigenvalue weighted by Crippen LogP contribution is -2.00.